The van der Waals surface area contributed by atoms with Crippen molar-refractivity contribution < 1.29 is 18.7 Å². The van der Waals surface area contributed by atoms with Crippen molar-refractivity contribution in [3.8, 4) is 0 Å². The maximum atomic E-state index is 14.7. The molecule has 2 heterocycles. The Morgan fingerprint density at radius 3 is 2.65 bits per heavy atom. The van der Waals surface area contributed by atoms with Crippen molar-refractivity contribution in [3.05, 3.63) is 71.2 Å². The molecular weight excluding hydrogens is 397 g/mol. The van der Waals surface area contributed by atoms with Crippen molar-refractivity contribution in [3.63, 3.8) is 0 Å². The Morgan fingerprint density at radius 2 is 1.94 bits per heavy atom. The molecule has 1 aromatic heterocycles. The maximum Gasteiger partial charge on any atom is 0.253 e. The third-order valence-electron chi connectivity index (χ3n) is 5.85. The second kappa shape index (κ2) is 8.89. The molecule has 31 heavy (non-hydrogen) atoms. The first kappa shape index (κ1) is 21.1. The van der Waals surface area contributed by atoms with Crippen molar-refractivity contribution in [1.29, 1.82) is 0 Å². The van der Waals surface area contributed by atoms with Crippen LogP contribution < -0.4 is 10.6 Å². The van der Waals surface area contributed by atoms with E-state index in [4.69, 9.17) is 4.74 Å². The first-order valence-corrected chi connectivity index (χ1v) is 10.4. The first-order chi connectivity index (χ1) is 15.0. The SMILES string of the molecule is CNC(=O)c1ccc(Cn2cc(C(=O)NC3CCOCC3C)c3c(F)cccc32)cc1. The van der Waals surface area contributed by atoms with Gasteiger partial charge in [-0.3, -0.25) is 9.59 Å². The van der Waals surface area contributed by atoms with E-state index < -0.39 is 5.82 Å². The Hall–Kier alpha value is -3.19. The highest BCUT2D eigenvalue weighted by Crippen LogP contribution is 2.26. The lowest BCUT2D eigenvalue weighted by Gasteiger charge is -2.29. The highest BCUT2D eigenvalue weighted by molar-refractivity contribution is 6.07. The number of nitrogens with one attached hydrogen (secondary N) is 2. The molecule has 2 amide bonds. The fourth-order valence-electron chi connectivity index (χ4n) is 4.05. The fraction of sp³-hybridized carbons (Fsp3) is 0.333. The zero-order valence-corrected chi connectivity index (χ0v) is 17.7. The van der Waals surface area contributed by atoms with Gasteiger partial charge in [0.05, 0.1) is 17.7 Å². The zero-order valence-electron chi connectivity index (χ0n) is 17.7. The number of fused-ring (bicyclic) bond motifs is 1. The summed E-state index contributed by atoms with van der Waals surface area (Å²) >= 11 is 0. The average molecular weight is 423 g/mol. The number of ether oxygens (including phenoxy) is 1. The van der Waals surface area contributed by atoms with Crippen LogP contribution in [0.2, 0.25) is 0 Å². The Labute approximate surface area is 180 Å². The van der Waals surface area contributed by atoms with Gasteiger partial charge in [0.1, 0.15) is 5.82 Å². The van der Waals surface area contributed by atoms with Crippen LogP contribution in [0.25, 0.3) is 10.9 Å². The number of hydrogen-bond donors (Lipinski definition) is 2. The van der Waals surface area contributed by atoms with Gasteiger partial charge in [-0.25, -0.2) is 4.39 Å². The van der Waals surface area contributed by atoms with Crippen LogP contribution in [0.1, 0.15) is 39.6 Å². The molecule has 0 saturated carbocycles. The fourth-order valence-corrected chi connectivity index (χ4v) is 4.05. The Bertz CT molecular complexity index is 1110. The monoisotopic (exact) mass is 423 g/mol. The van der Waals surface area contributed by atoms with Crippen LogP contribution in [0.5, 0.6) is 0 Å². The number of carbonyl (C=O) groups excluding carboxylic acids is 2. The minimum absolute atomic E-state index is 0.00341. The second-order valence-electron chi connectivity index (χ2n) is 8.00. The predicted molar refractivity (Wildman–Crippen MR) is 117 cm³/mol. The molecule has 0 aliphatic carbocycles. The smallest absolute Gasteiger partial charge is 0.253 e. The van der Waals surface area contributed by atoms with Gasteiger partial charge in [-0.15, -0.1) is 0 Å². The van der Waals surface area contributed by atoms with E-state index in [0.29, 0.717) is 41.8 Å². The van der Waals surface area contributed by atoms with Crippen molar-refractivity contribution in [2.24, 2.45) is 5.92 Å². The van der Waals surface area contributed by atoms with Gasteiger partial charge in [-0.1, -0.05) is 25.1 Å². The van der Waals surface area contributed by atoms with E-state index in [1.165, 1.54) is 6.07 Å². The van der Waals surface area contributed by atoms with Crippen molar-refractivity contribution in [2.75, 3.05) is 20.3 Å². The third kappa shape index (κ3) is 4.32. The summed E-state index contributed by atoms with van der Waals surface area (Å²) in [5.41, 5.74) is 2.49. The van der Waals surface area contributed by atoms with Gasteiger partial charge in [0.2, 0.25) is 0 Å². The van der Waals surface area contributed by atoms with Crippen molar-refractivity contribution in [1.82, 2.24) is 15.2 Å². The highest BCUT2D eigenvalue weighted by atomic mass is 19.1. The normalized spacial score (nSPS) is 18.7. The van der Waals surface area contributed by atoms with Crippen LogP contribution in [-0.4, -0.2) is 42.7 Å². The highest BCUT2D eigenvalue weighted by Gasteiger charge is 2.26. The van der Waals surface area contributed by atoms with Crippen molar-refractivity contribution >= 4 is 22.7 Å². The minimum Gasteiger partial charge on any atom is -0.381 e. The molecular formula is C24H26FN3O3. The molecule has 2 unspecified atom stereocenters. The Balaban J connectivity index is 1.63. The number of aromatic nitrogens is 1. The largest absolute Gasteiger partial charge is 0.381 e. The van der Waals surface area contributed by atoms with Crippen LogP contribution in [0, 0.1) is 11.7 Å². The Morgan fingerprint density at radius 1 is 1.16 bits per heavy atom. The third-order valence-corrected chi connectivity index (χ3v) is 5.85. The summed E-state index contributed by atoms with van der Waals surface area (Å²) in [7, 11) is 1.59. The zero-order chi connectivity index (χ0) is 22.0. The molecule has 1 aliphatic heterocycles. The van der Waals surface area contributed by atoms with E-state index in [-0.39, 0.29) is 23.8 Å². The van der Waals surface area contributed by atoms with Gasteiger partial charge in [0.15, 0.2) is 0 Å². The van der Waals surface area contributed by atoms with E-state index in [0.717, 1.165) is 12.0 Å². The van der Waals surface area contributed by atoms with Gasteiger partial charge in [-0.2, -0.15) is 0 Å². The van der Waals surface area contributed by atoms with Crippen molar-refractivity contribution in [2.45, 2.75) is 25.9 Å². The molecule has 0 spiro atoms. The summed E-state index contributed by atoms with van der Waals surface area (Å²) in [5, 5.41) is 5.98. The summed E-state index contributed by atoms with van der Waals surface area (Å²) < 4.78 is 22.1. The molecule has 3 aromatic rings. The second-order valence-corrected chi connectivity index (χ2v) is 8.00. The number of amides is 2. The lowest BCUT2D eigenvalue weighted by Crippen LogP contribution is -2.44. The molecule has 6 nitrogen and oxygen atoms in total. The molecule has 2 atom stereocenters. The lowest BCUT2D eigenvalue weighted by atomic mass is 9.97. The number of nitrogens with zero attached hydrogens (tertiary/aromatic N) is 1. The number of carbonyl (C=O) groups is 2. The molecule has 0 radical (unpaired) electrons. The molecule has 1 fully saturated rings. The summed E-state index contributed by atoms with van der Waals surface area (Å²) in [5.74, 6) is -0.643. The Kier molecular flexibility index (Phi) is 6.04. The predicted octanol–water partition coefficient (Wildman–Crippen LogP) is 3.34. The van der Waals surface area contributed by atoms with Crippen LogP contribution in [0.15, 0.2) is 48.7 Å². The van der Waals surface area contributed by atoms with Crippen LogP contribution in [0.3, 0.4) is 0 Å². The van der Waals surface area contributed by atoms with Gasteiger partial charge in [0, 0.05) is 43.4 Å². The van der Waals surface area contributed by atoms with E-state index in [1.54, 1.807) is 31.4 Å². The number of rotatable bonds is 5. The maximum absolute atomic E-state index is 14.7. The summed E-state index contributed by atoms with van der Waals surface area (Å²) in [6.45, 7) is 3.70. The first-order valence-electron chi connectivity index (χ1n) is 10.4. The molecule has 1 aliphatic rings. The van der Waals surface area contributed by atoms with Gasteiger partial charge in [0.25, 0.3) is 11.8 Å². The molecule has 1 saturated heterocycles. The van der Waals surface area contributed by atoms with Gasteiger partial charge in [-0.05, 0) is 42.2 Å². The lowest BCUT2D eigenvalue weighted by molar-refractivity contribution is 0.0375. The van der Waals surface area contributed by atoms with E-state index in [2.05, 4.69) is 10.6 Å². The van der Waals surface area contributed by atoms with Crippen LogP contribution in [-0.2, 0) is 11.3 Å². The number of hydrogen-bond acceptors (Lipinski definition) is 3. The minimum atomic E-state index is -0.420. The van der Waals surface area contributed by atoms with Crippen LogP contribution in [0.4, 0.5) is 4.39 Å². The standard InChI is InChI=1S/C24H26FN3O3/c1-15-14-31-11-10-20(15)27-24(30)18-13-28(21-5-3-4-19(25)22(18)21)12-16-6-8-17(9-7-16)23(29)26-2/h3-9,13,15,20H,10-12,14H2,1-2H3,(H,26,29)(H,27,30). The van der Waals surface area contributed by atoms with Crippen LogP contribution >= 0.6 is 0 Å². The summed E-state index contributed by atoms with van der Waals surface area (Å²) in [4.78, 5) is 24.8. The topological polar surface area (TPSA) is 72.4 Å². The number of halogens is 1. The average Bonchev–Trinajstić information content (AvgIpc) is 3.15. The summed E-state index contributed by atoms with van der Waals surface area (Å²) in [6.07, 6.45) is 2.45. The quantitative estimate of drug-likeness (QED) is 0.661. The van der Waals surface area contributed by atoms with E-state index in [1.807, 2.05) is 29.7 Å². The molecule has 2 N–H and O–H groups in total. The molecule has 7 heteroatoms. The van der Waals surface area contributed by atoms with E-state index >= 15 is 0 Å². The molecule has 4 rings (SSSR count). The molecule has 0 bridgehead atoms. The van der Waals surface area contributed by atoms with Gasteiger partial charge < -0.3 is 19.9 Å². The number of benzene rings is 2. The molecule has 2 aromatic carbocycles. The van der Waals surface area contributed by atoms with E-state index in [9.17, 15) is 14.0 Å². The summed E-state index contributed by atoms with van der Waals surface area (Å²) in [6, 6.07) is 12.1. The molecule has 162 valence electrons. The van der Waals surface area contributed by atoms with Gasteiger partial charge >= 0.3 is 0 Å².